The molecule has 0 saturated heterocycles. The number of carbonyl (C=O) groups excluding carboxylic acids is 1. The summed E-state index contributed by atoms with van der Waals surface area (Å²) < 4.78 is 25.0. The van der Waals surface area contributed by atoms with Crippen LogP contribution in [0.15, 0.2) is 42.5 Å². The molecule has 0 radical (unpaired) electrons. The molecule has 1 aliphatic rings. The SMILES string of the molecule is CCN(c1ccc(C(=O)N[C@H](C)c2ccc3c(c2)CCCC3)cc1)S(C)(=O)=O. The molecule has 0 bridgehead atoms. The first-order valence-corrected chi connectivity index (χ1v) is 11.6. The molecule has 5 nitrogen and oxygen atoms in total. The monoisotopic (exact) mass is 400 g/mol. The van der Waals surface area contributed by atoms with E-state index in [1.807, 2.05) is 6.92 Å². The molecule has 0 spiro atoms. The van der Waals surface area contributed by atoms with Crippen molar-refractivity contribution < 1.29 is 13.2 Å². The van der Waals surface area contributed by atoms with E-state index >= 15 is 0 Å². The molecule has 28 heavy (non-hydrogen) atoms. The lowest BCUT2D eigenvalue weighted by Gasteiger charge is -2.21. The number of aryl methyl sites for hydroxylation is 2. The van der Waals surface area contributed by atoms with Gasteiger partial charge in [0.15, 0.2) is 0 Å². The second-order valence-electron chi connectivity index (χ2n) is 7.41. The van der Waals surface area contributed by atoms with Crippen LogP contribution in [0.5, 0.6) is 0 Å². The number of hydrogen-bond donors (Lipinski definition) is 1. The maximum Gasteiger partial charge on any atom is 0.251 e. The van der Waals surface area contributed by atoms with Gasteiger partial charge in [-0.1, -0.05) is 18.2 Å². The number of carbonyl (C=O) groups is 1. The summed E-state index contributed by atoms with van der Waals surface area (Å²) in [4.78, 5) is 12.6. The average Bonchev–Trinajstić information content (AvgIpc) is 2.67. The van der Waals surface area contributed by atoms with E-state index in [0.717, 1.165) is 18.4 Å². The summed E-state index contributed by atoms with van der Waals surface area (Å²) in [5.41, 5.74) is 5.01. The number of hydrogen-bond acceptors (Lipinski definition) is 3. The maximum absolute atomic E-state index is 12.6. The van der Waals surface area contributed by atoms with E-state index in [9.17, 15) is 13.2 Å². The van der Waals surface area contributed by atoms with Gasteiger partial charge in [-0.3, -0.25) is 9.10 Å². The molecule has 0 aromatic heterocycles. The van der Waals surface area contributed by atoms with Crippen molar-refractivity contribution in [2.45, 2.75) is 45.6 Å². The second kappa shape index (κ2) is 8.35. The van der Waals surface area contributed by atoms with E-state index in [1.54, 1.807) is 31.2 Å². The minimum Gasteiger partial charge on any atom is -0.346 e. The molecule has 1 atom stereocenters. The number of sulfonamides is 1. The van der Waals surface area contributed by atoms with Crippen LogP contribution in [-0.2, 0) is 22.9 Å². The molecular weight excluding hydrogens is 372 g/mol. The number of anilines is 1. The van der Waals surface area contributed by atoms with Crippen LogP contribution >= 0.6 is 0 Å². The Morgan fingerprint density at radius 1 is 1.07 bits per heavy atom. The van der Waals surface area contributed by atoms with Crippen LogP contribution in [0, 0.1) is 0 Å². The van der Waals surface area contributed by atoms with Gasteiger partial charge in [0, 0.05) is 12.1 Å². The third-order valence-corrected chi connectivity index (χ3v) is 6.59. The highest BCUT2D eigenvalue weighted by Crippen LogP contribution is 2.25. The molecule has 6 heteroatoms. The molecule has 0 aliphatic heterocycles. The largest absolute Gasteiger partial charge is 0.346 e. The van der Waals surface area contributed by atoms with Crippen LogP contribution < -0.4 is 9.62 Å². The summed E-state index contributed by atoms with van der Waals surface area (Å²) >= 11 is 0. The fourth-order valence-electron chi connectivity index (χ4n) is 3.77. The second-order valence-corrected chi connectivity index (χ2v) is 9.31. The fourth-order valence-corrected chi connectivity index (χ4v) is 4.75. The molecule has 1 N–H and O–H groups in total. The van der Waals surface area contributed by atoms with Crippen LogP contribution in [0.3, 0.4) is 0 Å². The van der Waals surface area contributed by atoms with Gasteiger partial charge in [0.1, 0.15) is 0 Å². The molecule has 0 heterocycles. The lowest BCUT2D eigenvalue weighted by Crippen LogP contribution is -2.30. The van der Waals surface area contributed by atoms with Crippen LogP contribution in [-0.4, -0.2) is 27.1 Å². The Morgan fingerprint density at radius 2 is 1.71 bits per heavy atom. The molecule has 2 aromatic carbocycles. The molecule has 3 rings (SSSR count). The summed E-state index contributed by atoms with van der Waals surface area (Å²) in [5.74, 6) is -0.167. The highest BCUT2D eigenvalue weighted by Gasteiger charge is 2.17. The number of fused-ring (bicyclic) bond motifs is 1. The van der Waals surface area contributed by atoms with Gasteiger partial charge in [-0.25, -0.2) is 8.42 Å². The Balaban J connectivity index is 1.70. The van der Waals surface area contributed by atoms with Crippen LogP contribution in [0.4, 0.5) is 5.69 Å². The molecule has 0 saturated carbocycles. The standard InChI is InChI=1S/C22H28N2O3S/c1-4-24(28(3,26)27)21-13-11-18(12-14-21)22(25)23-16(2)19-10-9-17-7-5-6-8-20(17)15-19/h9-16H,4-8H2,1-3H3,(H,23,25)/t16-/m1/s1. The van der Waals surface area contributed by atoms with Crippen molar-refractivity contribution >= 4 is 21.6 Å². The Kier molecular flexibility index (Phi) is 6.08. The topological polar surface area (TPSA) is 66.5 Å². The minimum absolute atomic E-state index is 0.0948. The zero-order valence-electron chi connectivity index (χ0n) is 16.7. The van der Waals surface area contributed by atoms with E-state index in [-0.39, 0.29) is 11.9 Å². The van der Waals surface area contributed by atoms with Gasteiger partial charge in [-0.15, -0.1) is 0 Å². The number of nitrogens with one attached hydrogen (secondary N) is 1. The first-order valence-electron chi connectivity index (χ1n) is 9.80. The number of rotatable bonds is 6. The van der Waals surface area contributed by atoms with E-state index < -0.39 is 10.0 Å². The van der Waals surface area contributed by atoms with Gasteiger partial charge in [0.2, 0.25) is 10.0 Å². The minimum atomic E-state index is -3.33. The van der Waals surface area contributed by atoms with E-state index in [1.165, 1.54) is 34.5 Å². The van der Waals surface area contributed by atoms with Crippen LogP contribution in [0.1, 0.15) is 59.8 Å². The van der Waals surface area contributed by atoms with Gasteiger partial charge in [-0.2, -0.15) is 0 Å². The third-order valence-electron chi connectivity index (χ3n) is 5.33. The van der Waals surface area contributed by atoms with E-state index in [2.05, 4.69) is 23.5 Å². The van der Waals surface area contributed by atoms with Gasteiger partial charge in [-0.05, 0) is 80.5 Å². The molecular formula is C22H28N2O3S. The number of nitrogens with zero attached hydrogens (tertiary/aromatic N) is 1. The van der Waals surface area contributed by atoms with Crippen molar-refractivity contribution in [2.75, 3.05) is 17.1 Å². The highest BCUT2D eigenvalue weighted by atomic mass is 32.2. The van der Waals surface area contributed by atoms with Gasteiger partial charge >= 0.3 is 0 Å². The Morgan fingerprint density at radius 3 is 2.32 bits per heavy atom. The van der Waals surface area contributed by atoms with Crippen LogP contribution in [0.2, 0.25) is 0 Å². The summed E-state index contributed by atoms with van der Waals surface area (Å²) in [6.07, 6.45) is 5.91. The first kappa shape index (κ1) is 20.4. The number of benzene rings is 2. The van der Waals surface area contributed by atoms with Gasteiger partial charge in [0.25, 0.3) is 5.91 Å². The molecule has 2 aromatic rings. The molecule has 150 valence electrons. The Bertz CT molecular complexity index is 952. The maximum atomic E-state index is 12.6. The van der Waals surface area contributed by atoms with Crippen molar-refractivity contribution in [3.8, 4) is 0 Å². The molecule has 0 fully saturated rings. The third kappa shape index (κ3) is 4.55. The zero-order valence-corrected chi connectivity index (χ0v) is 17.6. The molecule has 1 aliphatic carbocycles. The predicted octanol–water partition coefficient (Wildman–Crippen LogP) is 3.84. The lowest BCUT2D eigenvalue weighted by atomic mass is 9.89. The Labute approximate surface area is 167 Å². The quantitative estimate of drug-likeness (QED) is 0.801. The average molecular weight is 401 g/mol. The summed E-state index contributed by atoms with van der Waals surface area (Å²) in [5, 5.41) is 3.04. The summed E-state index contributed by atoms with van der Waals surface area (Å²) in [7, 11) is -3.33. The van der Waals surface area contributed by atoms with Crippen molar-refractivity contribution in [3.63, 3.8) is 0 Å². The van der Waals surface area contributed by atoms with Crippen molar-refractivity contribution in [2.24, 2.45) is 0 Å². The van der Waals surface area contributed by atoms with E-state index in [4.69, 9.17) is 0 Å². The van der Waals surface area contributed by atoms with Crippen molar-refractivity contribution in [1.29, 1.82) is 0 Å². The summed E-state index contributed by atoms with van der Waals surface area (Å²) in [6, 6.07) is 13.1. The molecule has 1 amide bonds. The normalized spacial score (nSPS) is 14.8. The van der Waals surface area contributed by atoms with E-state index in [0.29, 0.717) is 17.8 Å². The summed E-state index contributed by atoms with van der Waals surface area (Å²) in [6.45, 7) is 4.11. The molecule has 0 unspecified atom stereocenters. The van der Waals surface area contributed by atoms with Crippen molar-refractivity contribution in [1.82, 2.24) is 5.32 Å². The van der Waals surface area contributed by atoms with Crippen molar-refractivity contribution in [3.05, 3.63) is 64.7 Å². The first-order chi connectivity index (χ1) is 13.3. The van der Waals surface area contributed by atoms with Crippen LogP contribution in [0.25, 0.3) is 0 Å². The smallest absolute Gasteiger partial charge is 0.251 e. The Hall–Kier alpha value is -2.34. The lowest BCUT2D eigenvalue weighted by molar-refractivity contribution is 0.0940. The van der Waals surface area contributed by atoms with Gasteiger partial charge in [0.05, 0.1) is 18.0 Å². The fraction of sp³-hybridized carbons (Fsp3) is 0.409. The zero-order chi connectivity index (χ0) is 20.3. The highest BCUT2D eigenvalue weighted by molar-refractivity contribution is 7.92. The van der Waals surface area contributed by atoms with Gasteiger partial charge < -0.3 is 5.32 Å². The number of amides is 1. The predicted molar refractivity (Wildman–Crippen MR) is 113 cm³/mol.